The van der Waals surface area contributed by atoms with Crippen LogP contribution in [0.5, 0.6) is 17.4 Å². The predicted molar refractivity (Wildman–Crippen MR) is 243 cm³/mol. The van der Waals surface area contributed by atoms with Crippen LogP contribution in [0.2, 0.25) is 0 Å². The standard InChI is InChI=1S/C55H50N3O2.Pt/c1-53(2,3)41-25-26-43(45(30-41)54(4,5)6)39-28-46(44-19-12-13-21-48(44)59)56-50(29-39)60-49-22-14-20-47-51(49)57-52(58(47)42-17-8-7-9-18-42)35-23-24-38-33-55(34-40(38)27-35)31-36-15-10-11-16-37(36)32-55;/h7-22,24-30,59H,31-34H2,1-6H3;/q-1;. The van der Waals surface area contributed by atoms with Gasteiger partial charge in [-0.1, -0.05) is 127 Å². The summed E-state index contributed by atoms with van der Waals surface area (Å²) in [7, 11) is 0. The van der Waals surface area contributed by atoms with Crippen LogP contribution in [0, 0.1) is 11.5 Å². The molecule has 6 heteroatoms. The first-order valence-corrected chi connectivity index (χ1v) is 21.1. The first-order valence-electron chi connectivity index (χ1n) is 21.1. The molecule has 2 aliphatic rings. The third-order valence-corrected chi connectivity index (χ3v) is 12.6. The van der Waals surface area contributed by atoms with Gasteiger partial charge in [-0.3, -0.25) is 4.98 Å². The molecule has 308 valence electrons. The summed E-state index contributed by atoms with van der Waals surface area (Å²) in [4.78, 5) is 10.4. The van der Waals surface area contributed by atoms with Crippen molar-refractivity contribution in [2.24, 2.45) is 5.41 Å². The molecule has 0 atom stereocenters. The summed E-state index contributed by atoms with van der Waals surface area (Å²) in [5.74, 6) is 1.99. The quantitative estimate of drug-likeness (QED) is 0.169. The number of nitrogens with zero attached hydrogens (tertiary/aromatic N) is 3. The molecule has 5 nitrogen and oxygen atoms in total. The maximum atomic E-state index is 11.1. The minimum atomic E-state index is -0.139. The zero-order valence-corrected chi connectivity index (χ0v) is 37.9. The molecule has 0 bridgehead atoms. The molecule has 8 aromatic rings. The van der Waals surface area contributed by atoms with Gasteiger partial charge in [0.15, 0.2) is 5.75 Å². The van der Waals surface area contributed by atoms with E-state index in [1.54, 1.807) is 6.07 Å². The number of hydrogen-bond acceptors (Lipinski definition) is 4. The molecule has 0 unspecified atom stereocenters. The Morgan fingerprint density at radius 1 is 0.639 bits per heavy atom. The van der Waals surface area contributed by atoms with E-state index >= 15 is 0 Å². The fourth-order valence-electron chi connectivity index (χ4n) is 9.63. The van der Waals surface area contributed by atoms with Crippen LogP contribution in [-0.2, 0) is 57.6 Å². The Bertz CT molecular complexity index is 2930. The fraction of sp³-hybridized carbons (Fsp3) is 0.236. The van der Waals surface area contributed by atoms with E-state index in [4.69, 9.17) is 14.7 Å². The van der Waals surface area contributed by atoms with E-state index in [0.717, 1.165) is 64.9 Å². The van der Waals surface area contributed by atoms with Gasteiger partial charge in [-0.05, 0) is 111 Å². The molecule has 1 spiro atoms. The Kier molecular flexibility index (Phi) is 10.2. The minimum Gasteiger partial charge on any atom is -0.507 e. The number of phenols is 1. The van der Waals surface area contributed by atoms with E-state index in [1.807, 2.05) is 42.5 Å². The SMILES string of the molecule is CC(C)(C)c1ccc(-c2cc(Oc3cccc4c3nc(-c3[c-]cc5c(c3)CC3(C5)Cc5ccccc5C3)n4-c3ccccc3)nc(-c3ccccc3O)c2)c(C(C)(C)C)c1.[Pt]. The summed E-state index contributed by atoms with van der Waals surface area (Å²) in [5, 5.41) is 11.1. The van der Waals surface area contributed by atoms with Crippen LogP contribution < -0.4 is 4.74 Å². The van der Waals surface area contributed by atoms with Crippen molar-refractivity contribution < 1.29 is 30.9 Å². The number of hydrogen-bond donors (Lipinski definition) is 1. The van der Waals surface area contributed by atoms with Crippen molar-refractivity contribution in [3.05, 3.63) is 179 Å². The molecule has 1 N–H and O–H groups in total. The summed E-state index contributed by atoms with van der Waals surface area (Å²) in [6.45, 7) is 13.5. The maximum Gasteiger partial charge on any atom is 0.220 e. The number of pyridine rings is 1. The normalized spacial score (nSPS) is 14.2. The van der Waals surface area contributed by atoms with E-state index in [2.05, 4.69) is 143 Å². The Balaban J connectivity index is 0.00000476. The van der Waals surface area contributed by atoms with Crippen LogP contribution in [0.1, 0.15) is 74.9 Å². The minimum absolute atomic E-state index is 0. The molecule has 2 aromatic heterocycles. The number of aromatic hydroxyl groups is 1. The zero-order valence-electron chi connectivity index (χ0n) is 35.6. The van der Waals surface area contributed by atoms with Gasteiger partial charge in [-0.25, -0.2) is 4.98 Å². The van der Waals surface area contributed by atoms with Gasteiger partial charge in [-0.2, -0.15) is 0 Å². The second-order valence-corrected chi connectivity index (χ2v) is 19.1. The van der Waals surface area contributed by atoms with Gasteiger partial charge in [0.25, 0.3) is 0 Å². The third-order valence-electron chi connectivity index (χ3n) is 12.6. The second-order valence-electron chi connectivity index (χ2n) is 19.1. The van der Waals surface area contributed by atoms with Crippen LogP contribution in [0.25, 0.3) is 50.5 Å². The van der Waals surface area contributed by atoms with E-state index in [-0.39, 0.29) is 43.1 Å². The molecule has 2 heterocycles. The average Bonchev–Trinajstić information content (AvgIpc) is 3.91. The Morgan fingerprint density at radius 3 is 2.05 bits per heavy atom. The van der Waals surface area contributed by atoms with Crippen LogP contribution in [0.3, 0.4) is 0 Å². The Labute approximate surface area is 373 Å². The van der Waals surface area contributed by atoms with Gasteiger partial charge >= 0.3 is 0 Å². The monoisotopic (exact) mass is 979 g/mol. The average molecular weight is 980 g/mol. The number of aromatic nitrogens is 3. The number of phenolic OH excluding ortho intramolecular Hbond substituents is 1. The first kappa shape index (κ1) is 40.6. The number of rotatable bonds is 6. The summed E-state index contributed by atoms with van der Waals surface area (Å²) in [5.41, 5.74) is 15.3. The molecule has 0 radical (unpaired) electrons. The van der Waals surface area contributed by atoms with Crippen molar-refractivity contribution in [3.63, 3.8) is 0 Å². The number of imidazole rings is 1. The first-order chi connectivity index (χ1) is 28.8. The molecule has 0 fully saturated rings. The molecule has 0 saturated heterocycles. The summed E-state index contributed by atoms with van der Waals surface area (Å²) >= 11 is 0. The maximum absolute atomic E-state index is 11.1. The van der Waals surface area contributed by atoms with E-state index in [0.29, 0.717) is 22.9 Å². The predicted octanol–water partition coefficient (Wildman–Crippen LogP) is 13.2. The summed E-state index contributed by atoms with van der Waals surface area (Å²) in [6.07, 6.45) is 4.37. The number of ether oxygens (including phenoxy) is 1. The molecule has 2 aliphatic carbocycles. The zero-order chi connectivity index (χ0) is 41.4. The smallest absolute Gasteiger partial charge is 0.220 e. The third kappa shape index (κ3) is 7.52. The van der Waals surface area contributed by atoms with Crippen LogP contribution >= 0.6 is 0 Å². The Morgan fingerprint density at radius 2 is 1.33 bits per heavy atom. The molecular formula is C55H50N3O2Pt-. The number of para-hydroxylation sites is 3. The molecule has 0 amide bonds. The van der Waals surface area contributed by atoms with E-state index in [1.165, 1.54) is 33.4 Å². The summed E-state index contributed by atoms with van der Waals surface area (Å²) in [6, 6.07) is 51.9. The molecule has 10 rings (SSSR count). The van der Waals surface area contributed by atoms with Gasteiger partial charge in [0.1, 0.15) is 11.3 Å². The van der Waals surface area contributed by atoms with Crippen LogP contribution in [0.4, 0.5) is 0 Å². The Hall–Kier alpha value is -5.77. The largest absolute Gasteiger partial charge is 0.507 e. The van der Waals surface area contributed by atoms with Crippen LogP contribution in [-0.4, -0.2) is 19.6 Å². The molecular weight excluding hydrogens is 930 g/mol. The van der Waals surface area contributed by atoms with Crippen molar-refractivity contribution in [2.75, 3.05) is 0 Å². The summed E-state index contributed by atoms with van der Waals surface area (Å²) < 4.78 is 9.11. The van der Waals surface area contributed by atoms with Crippen molar-refractivity contribution in [1.29, 1.82) is 0 Å². The van der Waals surface area contributed by atoms with Gasteiger partial charge in [-0.15, -0.1) is 34.9 Å². The van der Waals surface area contributed by atoms with Crippen molar-refractivity contribution in [1.82, 2.24) is 14.5 Å². The topological polar surface area (TPSA) is 60.2 Å². The van der Waals surface area contributed by atoms with E-state index in [9.17, 15) is 5.11 Å². The number of fused-ring (bicyclic) bond motifs is 3. The molecule has 61 heavy (non-hydrogen) atoms. The molecule has 0 saturated carbocycles. The van der Waals surface area contributed by atoms with Crippen molar-refractivity contribution in [2.45, 2.75) is 78.1 Å². The molecule has 6 aromatic carbocycles. The van der Waals surface area contributed by atoms with Gasteiger partial charge in [0.05, 0.1) is 17.0 Å². The van der Waals surface area contributed by atoms with Gasteiger partial charge in [0, 0.05) is 38.4 Å². The number of benzene rings is 6. The second kappa shape index (κ2) is 15.3. The van der Waals surface area contributed by atoms with E-state index < -0.39 is 0 Å². The van der Waals surface area contributed by atoms with Gasteiger partial charge < -0.3 is 14.4 Å². The molecule has 0 aliphatic heterocycles. The van der Waals surface area contributed by atoms with Crippen molar-refractivity contribution in [3.8, 4) is 56.8 Å². The fourth-order valence-corrected chi connectivity index (χ4v) is 9.63. The van der Waals surface area contributed by atoms with Crippen LogP contribution in [0.15, 0.2) is 140 Å². The van der Waals surface area contributed by atoms with Gasteiger partial charge in [0.2, 0.25) is 5.88 Å². The van der Waals surface area contributed by atoms with Crippen molar-refractivity contribution >= 4 is 11.0 Å².